The summed E-state index contributed by atoms with van der Waals surface area (Å²) in [4.78, 5) is 30.0. The summed E-state index contributed by atoms with van der Waals surface area (Å²) in [6.07, 6.45) is 2.60. The minimum atomic E-state index is -1.03. The third-order valence-corrected chi connectivity index (χ3v) is 2.41. The van der Waals surface area contributed by atoms with Crippen molar-refractivity contribution in [1.29, 1.82) is 0 Å². The molecule has 7 heteroatoms. The van der Waals surface area contributed by atoms with Crippen LogP contribution in [0.4, 0.5) is 5.69 Å². The molecule has 1 aromatic carbocycles. The van der Waals surface area contributed by atoms with Crippen LogP contribution in [-0.2, 0) is 0 Å². The van der Waals surface area contributed by atoms with Crippen LogP contribution in [0.3, 0.4) is 0 Å². The number of carbonyl (C=O) groups is 2. The molecule has 19 heavy (non-hydrogen) atoms. The van der Waals surface area contributed by atoms with Crippen LogP contribution in [-0.4, -0.2) is 27.0 Å². The van der Waals surface area contributed by atoms with Gasteiger partial charge in [-0.15, -0.1) is 0 Å². The summed E-state index contributed by atoms with van der Waals surface area (Å²) in [6.45, 7) is 0. The Kier molecular flexibility index (Phi) is 3.72. The van der Waals surface area contributed by atoms with E-state index in [4.69, 9.17) is 16.7 Å². The summed E-state index contributed by atoms with van der Waals surface area (Å²) in [6, 6.07) is 5.75. The lowest BCUT2D eigenvalue weighted by Crippen LogP contribution is -2.14. The fourth-order valence-corrected chi connectivity index (χ4v) is 1.49. The number of carbonyl (C=O) groups excluding carboxylic acids is 1. The van der Waals surface area contributed by atoms with Gasteiger partial charge >= 0.3 is 5.97 Å². The number of aromatic nitrogens is 2. The van der Waals surface area contributed by atoms with Crippen LogP contribution in [0.25, 0.3) is 0 Å². The summed E-state index contributed by atoms with van der Waals surface area (Å²) in [5.74, 6) is -1.50. The highest BCUT2D eigenvalue weighted by Crippen LogP contribution is 2.11. The molecule has 2 N–H and O–H groups in total. The average Bonchev–Trinajstić information content (AvgIpc) is 2.39. The highest BCUT2D eigenvalue weighted by molar-refractivity contribution is 6.29. The lowest BCUT2D eigenvalue weighted by atomic mass is 10.2. The summed E-state index contributed by atoms with van der Waals surface area (Å²) in [5.41, 5.74) is 0.673. The number of rotatable bonds is 3. The van der Waals surface area contributed by atoms with E-state index in [-0.39, 0.29) is 16.4 Å². The maximum atomic E-state index is 11.8. The monoisotopic (exact) mass is 277 g/mol. The topological polar surface area (TPSA) is 92.2 Å². The van der Waals surface area contributed by atoms with Gasteiger partial charge in [0, 0.05) is 5.69 Å². The molecule has 1 amide bonds. The number of benzene rings is 1. The molecular weight excluding hydrogens is 270 g/mol. The first kappa shape index (κ1) is 13.0. The van der Waals surface area contributed by atoms with Crippen LogP contribution in [0.5, 0.6) is 0 Å². The fraction of sp³-hybridized carbons (Fsp3) is 0. The second-order valence-electron chi connectivity index (χ2n) is 3.56. The van der Waals surface area contributed by atoms with Gasteiger partial charge in [-0.1, -0.05) is 11.6 Å². The van der Waals surface area contributed by atoms with Crippen molar-refractivity contribution in [2.75, 3.05) is 5.32 Å². The van der Waals surface area contributed by atoms with Gasteiger partial charge in [0.25, 0.3) is 5.91 Å². The minimum absolute atomic E-state index is 0.0785. The van der Waals surface area contributed by atoms with Crippen molar-refractivity contribution >= 4 is 29.2 Å². The Balaban J connectivity index is 2.13. The highest BCUT2D eigenvalue weighted by Gasteiger charge is 2.09. The molecule has 0 fully saturated rings. The molecule has 0 aliphatic rings. The highest BCUT2D eigenvalue weighted by atomic mass is 35.5. The molecule has 96 valence electrons. The predicted molar refractivity (Wildman–Crippen MR) is 68.4 cm³/mol. The second-order valence-corrected chi connectivity index (χ2v) is 3.95. The molecule has 0 atom stereocenters. The SMILES string of the molecule is O=C(O)c1ccc(NC(=O)c2cncc(Cl)n2)cc1. The molecule has 2 rings (SSSR count). The number of nitrogens with zero attached hydrogens (tertiary/aromatic N) is 2. The molecule has 0 aliphatic heterocycles. The molecule has 2 aromatic rings. The number of hydrogen-bond donors (Lipinski definition) is 2. The van der Waals surface area contributed by atoms with Gasteiger partial charge in [0.1, 0.15) is 10.8 Å². The van der Waals surface area contributed by atoms with Gasteiger partial charge in [0.15, 0.2) is 0 Å². The Morgan fingerprint density at radius 1 is 1.16 bits per heavy atom. The van der Waals surface area contributed by atoms with Crippen molar-refractivity contribution in [3.63, 3.8) is 0 Å². The van der Waals surface area contributed by atoms with E-state index in [2.05, 4.69) is 15.3 Å². The largest absolute Gasteiger partial charge is 0.478 e. The van der Waals surface area contributed by atoms with E-state index in [9.17, 15) is 9.59 Å². The zero-order valence-electron chi connectivity index (χ0n) is 9.50. The van der Waals surface area contributed by atoms with E-state index in [1.165, 1.54) is 36.7 Å². The quantitative estimate of drug-likeness (QED) is 0.896. The Hall–Kier alpha value is -2.47. The second kappa shape index (κ2) is 5.45. The third-order valence-electron chi connectivity index (χ3n) is 2.23. The molecule has 0 aliphatic carbocycles. The number of halogens is 1. The van der Waals surface area contributed by atoms with Gasteiger partial charge in [-0.3, -0.25) is 9.78 Å². The Morgan fingerprint density at radius 3 is 2.42 bits per heavy atom. The Morgan fingerprint density at radius 2 is 1.84 bits per heavy atom. The smallest absolute Gasteiger partial charge is 0.335 e. The zero-order chi connectivity index (χ0) is 13.8. The van der Waals surface area contributed by atoms with Crippen LogP contribution < -0.4 is 5.32 Å². The summed E-state index contributed by atoms with van der Waals surface area (Å²) in [5, 5.41) is 11.4. The number of hydrogen-bond acceptors (Lipinski definition) is 4. The van der Waals surface area contributed by atoms with E-state index >= 15 is 0 Å². The molecule has 0 spiro atoms. The Labute approximate surface area is 113 Å². The molecular formula is C12H8ClN3O3. The number of carboxylic acids is 1. The van der Waals surface area contributed by atoms with E-state index in [1.54, 1.807) is 0 Å². The molecule has 1 aromatic heterocycles. The summed E-state index contributed by atoms with van der Waals surface area (Å²) in [7, 11) is 0. The summed E-state index contributed by atoms with van der Waals surface area (Å²) >= 11 is 5.63. The first-order chi connectivity index (χ1) is 9.06. The number of amides is 1. The van der Waals surface area contributed by atoms with Crippen molar-refractivity contribution in [3.05, 3.63) is 53.1 Å². The van der Waals surface area contributed by atoms with Crippen molar-refractivity contribution in [1.82, 2.24) is 9.97 Å². The molecule has 1 heterocycles. The number of aromatic carboxylic acids is 1. The van der Waals surface area contributed by atoms with Crippen molar-refractivity contribution in [2.24, 2.45) is 0 Å². The fourth-order valence-electron chi connectivity index (χ4n) is 1.34. The van der Waals surface area contributed by atoms with Crippen LogP contribution >= 0.6 is 11.6 Å². The maximum Gasteiger partial charge on any atom is 0.335 e. The van der Waals surface area contributed by atoms with Crippen molar-refractivity contribution in [2.45, 2.75) is 0 Å². The standard InChI is InChI=1S/C12H8ClN3O3/c13-10-6-14-5-9(16-10)11(17)15-8-3-1-7(2-4-8)12(18)19/h1-6H,(H,15,17)(H,18,19). The van der Waals surface area contributed by atoms with Gasteiger partial charge in [0.05, 0.1) is 18.0 Å². The normalized spacial score (nSPS) is 9.95. The maximum absolute atomic E-state index is 11.8. The van der Waals surface area contributed by atoms with Crippen LogP contribution in [0.2, 0.25) is 5.15 Å². The van der Waals surface area contributed by atoms with Crippen molar-refractivity contribution < 1.29 is 14.7 Å². The van der Waals surface area contributed by atoms with Crippen LogP contribution in [0, 0.1) is 0 Å². The third kappa shape index (κ3) is 3.26. The minimum Gasteiger partial charge on any atom is -0.478 e. The first-order valence-corrected chi connectivity index (χ1v) is 5.56. The van der Waals surface area contributed by atoms with Crippen LogP contribution in [0.1, 0.15) is 20.8 Å². The summed E-state index contributed by atoms with van der Waals surface area (Å²) < 4.78 is 0. The first-order valence-electron chi connectivity index (χ1n) is 5.18. The lowest BCUT2D eigenvalue weighted by molar-refractivity contribution is 0.0696. The number of nitrogens with one attached hydrogen (secondary N) is 1. The van der Waals surface area contributed by atoms with Gasteiger partial charge < -0.3 is 10.4 Å². The Bertz CT molecular complexity index is 628. The van der Waals surface area contributed by atoms with E-state index < -0.39 is 11.9 Å². The molecule has 0 saturated carbocycles. The van der Waals surface area contributed by atoms with Crippen LogP contribution in [0.15, 0.2) is 36.7 Å². The zero-order valence-corrected chi connectivity index (χ0v) is 10.3. The predicted octanol–water partition coefficient (Wildman–Crippen LogP) is 2.08. The molecule has 6 nitrogen and oxygen atoms in total. The number of carboxylic acid groups (broad SMARTS) is 1. The molecule has 0 saturated heterocycles. The molecule has 0 bridgehead atoms. The van der Waals surface area contributed by atoms with Gasteiger partial charge in [-0.2, -0.15) is 0 Å². The van der Waals surface area contributed by atoms with Gasteiger partial charge in [-0.05, 0) is 24.3 Å². The van der Waals surface area contributed by atoms with E-state index in [0.717, 1.165) is 0 Å². The average molecular weight is 278 g/mol. The van der Waals surface area contributed by atoms with E-state index in [1.807, 2.05) is 0 Å². The van der Waals surface area contributed by atoms with Crippen molar-refractivity contribution in [3.8, 4) is 0 Å². The lowest BCUT2D eigenvalue weighted by Gasteiger charge is -2.04. The molecule has 0 radical (unpaired) electrons. The van der Waals surface area contributed by atoms with Gasteiger partial charge in [-0.25, -0.2) is 9.78 Å². The van der Waals surface area contributed by atoms with Gasteiger partial charge in [0.2, 0.25) is 0 Å². The van der Waals surface area contributed by atoms with E-state index in [0.29, 0.717) is 5.69 Å². The number of anilines is 1. The molecule has 0 unspecified atom stereocenters.